The van der Waals surface area contributed by atoms with E-state index in [1.165, 1.54) is 5.56 Å². The molecule has 1 amide bonds. The van der Waals surface area contributed by atoms with Crippen LogP contribution in [0.2, 0.25) is 0 Å². The van der Waals surface area contributed by atoms with Gasteiger partial charge in [-0.15, -0.1) is 0 Å². The Kier molecular flexibility index (Phi) is 4.65. The summed E-state index contributed by atoms with van der Waals surface area (Å²) < 4.78 is 1.70. The number of amides is 1. The summed E-state index contributed by atoms with van der Waals surface area (Å²) in [7, 11) is 1.83. The largest absolute Gasteiger partial charge is 0.340 e. The molecule has 1 atom stereocenters. The first-order chi connectivity index (χ1) is 12.0. The Labute approximate surface area is 147 Å². The van der Waals surface area contributed by atoms with Crippen molar-refractivity contribution in [1.82, 2.24) is 20.1 Å². The number of rotatable bonds is 4. The van der Waals surface area contributed by atoms with Crippen molar-refractivity contribution in [3.63, 3.8) is 0 Å². The van der Waals surface area contributed by atoms with Gasteiger partial charge in [0.15, 0.2) is 0 Å². The number of pyridine rings is 1. The molecule has 2 aromatic heterocycles. The van der Waals surface area contributed by atoms with Gasteiger partial charge in [-0.05, 0) is 49.6 Å². The molecule has 3 aromatic rings. The Morgan fingerprint density at radius 2 is 1.96 bits per heavy atom. The number of aryl methyl sites for hydroxylation is 4. The number of carbonyl (C=O) groups excluding carboxylic acids is 1. The molecule has 0 aliphatic rings. The predicted molar refractivity (Wildman–Crippen MR) is 97.4 cm³/mol. The summed E-state index contributed by atoms with van der Waals surface area (Å²) in [6, 6.07) is 11.6. The molecular formula is C20H22N4O. The third-order valence-corrected chi connectivity index (χ3v) is 4.38. The van der Waals surface area contributed by atoms with Crippen molar-refractivity contribution in [2.45, 2.75) is 26.8 Å². The van der Waals surface area contributed by atoms with Crippen LogP contribution in [0.4, 0.5) is 0 Å². The topological polar surface area (TPSA) is 59.8 Å². The molecule has 25 heavy (non-hydrogen) atoms. The summed E-state index contributed by atoms with van der Waals surface area (Å²) >= 11 is 0. The summed E-state index contributed by atoms with van der Waals surface area (Å²) in [5.74, 6) is -0.197. The summed E-state index contributed by atoms with van der Waals surface area (Å²) in [5, 5.41) is 7.39. The zero-order valence-corrected chi connectivity index (χ0v) is 14.9. The maximum absolute atomic E-state index is 12.7. The molecule has 1 aromatic carbocycles. The standard InChI is InChI=1S/C20H22N4O/c1-13-7-8-17(14(2)10-13)19(16-6-5-9-21-12-16)22-20(25)18-11-15(3)24(4)23-18/h5-12,19H,1-4H3,(H,22,25)/t19-/m1/s1. The highest BCUT2D eigenvalue weighted by Gasteiger charge is 2.21. The lowest BCUT2D eigenvalue weighted by molar-refractivity contribution is 0.0937. The Bertz CT molecular complexity index is 880. The number of nitrogens with one attached hydrogen (secondary N) is 1. The number of hydrogen-bond donors (Lipinski definition) is 1. The summed E-state index contributed by atoms with van der Waals surface area (Å²) in [6.45, 7) is 6.04. The normalized spacial score (nSPS) is 12.0. The molecule has 0 aliphatic heterocycles. The first-order valence-corrected chi connectivity index (χ1v) is 8.24. The SMILES string of the molecule is Cc1ccc([C@H](NC(=O)c2cc(C)n(C)n2)c2cccnc2)c(C)c1. The zero-order chi connectivity index (χ0) is 18.0. The second-order valence-corrected chi connectivity index (χ2v) is 6.35. The lowest BCUT2D eigenvalue weighted by Gasteiger charge is -2.21. The Balaban J connectivity index is 1.98. The smallest absolute Gasteiger partial charge is 0.272 e. The average Bonchev–Trinajstić information content (AvgIpc) is 2.93. The van der Waals surface area contributed by atoms with Gasteiger partial charge >= 0.3 is 0 Å². The fourth-order valence-electron chi connectivity index (χ4n) is 2.91. The monoisotopic (exact) mass is 334 g/mol. The van der Waals surface area contributed by atoms with Crippen molar-refractivity contribution in [2.75, 3.05) is 0 Å². The minimum atomic E-state index is -0.274. The van der Waals surface area contributed by atoms with E-state index >= 15 is 0 Å². The lowest BCUT2D eigenvalue weighted by Crippen LogP contribution is -2.30. The third kappa shape index (κ3) is 3.60. The third-order valence-electron chi connectivity index (χ3n) is 4.38. The molecule has 3 rings (SSSR count). The van der Waals surface area contributed by atoms with Crippen molar-refractivity contribution in [1.29, 1.82) is 0 Å². The Hall–Kier alpha value is -2.95. The molecule has 0 unspecified atom stereocenters. The fourth-order valence-corrected chi connectivity index (χ4v) is 2.91. The van der Waals surface area contributed by atoms with Crippen LogP contribution in [0.15, 0.2) is 48.8 Å². The van der Waals surface area contributed by atoms with Crippen LogP contribution in [-0.4, -0.2) is 20.7 Å². The molecule has 5 nitrogen and oxygen atoms in total. The van der Waals surface area contributed by atoms with Crippen LogP contribution in [-0.2, 0) is 7.05 Å². The van der Waals surface area contributed by atoms with Gasteiger partial charge < -0.3 is 5.32 Å². The summed E-state index contributed by atoms with van der Waals surface area (Å²) in [4.78, 5) is 16.9. The van der Waals surface area contributed by atoms with E-state index in [0.29, 0.717) is 5.69 Å². The van der Waals surface area contributed by atoms with Gasteiger partial charge in [-0.2, -0.15) is 5.10 Å². The molecule has 1 N–H and O–H groups in total. The minimum absolute atomic E-state index is 0.197. The van der Waals surface area contributed by atoms with Crippen LogP contribution in [0.5, 0.6) is 0 Å². The molecule has 2 heterocycles. The first-order valence-electron chi connectivity index (χ1n) is 8.24. The lowest BCUT2D eigenvalue weighted by atomic mass is 9.94. The van der Waals surface area contributed by atoms with Gasteiger partial charge in [0.2, 0.25) is 0 Å². The second kappa shape index (κ2) is 6.89. The molecule has 0 saturated heterocycles. The zero-order valence-electron chi connectivity index (χ0n) is 14.9. The maximum atomic E-state index is 12.7. The number of hydrogen-bond acceptors (Lipinski definition) is 3. The first kappa shape index (κ1) is 16.9. The van der Waals surface area contributed by atoms with Gasteiger partial charge in [-0.25, -0.2) is 0 Å². The van der Waals surface area contributed by atoms with E-state index in [9.17, 15) is 4.79 Å². The van der Waals surface area contributed by atoms with Gasteiger partial charge in [0.05, 0.1) is 6.04 Å². The molecule has 128 valence electrons. The van der Waals surface area contributed by atoms with Gasteiger partial charge in [-0.1, -0.05) is 29.8 Å². The van der Waals surface area contributed by atoms with Crippen molar-refractivity contribution in [2.24, 2.45) is 7.05 Å². The number of carbonyl (C=O) groups is 1. The van der Waals surface area contributed by atoms with E-state index in [1.54, 1.807) is 23.1 Å². The van der Waals surface area contributed by atoms with Crippen LogP contribution in [0.25, 0.3) is 0 Å². The molecule has 5 heteroatoms. The van der Waals surface area contributed by atoms with Crippen LogP contribution in [0, 0.1) is 20.8 Å². The van der Waals surface area contributed by atoms with Gasteiger partial charge in [-0.3, -0.25) is 14.5 Å². The van der Waals surface area contributed by atoms with Crippen molar-refractivity contribution in [3.05, 3.63) is 82.4 Å². The van der Waals surface area contributed by atoms with Crippen LogP contribution >= 0.6 is 0 Å². The molecule has 0 bridgehead atoms. The second-order valence-electron chi connectivity index (χ2n) is 6.35. The van der Waals surface area contributed by atoms with Gasteiger partial charge in [0.25, 0.3) is 5.91 Å². The molecular weight excluding hydrogens is 312 g/mol. The van der Waals surface area contributed by atoms with E-state index < -0.39 is 0 Å². The molecule has 0 spiro atoms. The molecule has 0 aliphatic carbocycles. The average molecular weight is 334 g/mol. The van der Waals surface area contributed by atoms with Crippen LogP contribution < -0.4 is 5.32 Å². The summed E-state index contributed by atoms with van der Waals surface area (Å²) in [6.07, 6.45) is 3.51. The highest BCUT2D eigenvalue weighted by Crippen LogP contribution is 2.25. The Morgan fingerprint density at radius 3 is 2.56 bits per heavy atom. The maximum Gasteiger partial charge on any atom is 0.272 e. The van der Waals surface area contributed by atoms with E-state index in [4.69, 9.17) is 0 Å². The van der Waals surface area contributed by atoms with Crippen molar-refractivity contribution >= 4 is 5.91 Å². The molecule has 0 fully saturated rings. The number of nitrogens with zero attached hydrogens (tertiary/aromatic N) is 3. The predicted octanol–water partition coefficient (Wildman–Crippen LogP) is 3.26. The Morgan fingerprint density at radius 1 is 1.16 bits per heavy atom. The van der Waals surface area contributed by atoms with Gasteiger partial charge in [0.1, 0.15) is 5.69 Å². The quantitative estimate of drug-likeness (QED) is 0.797. The van der Waals surface area contributed by atoms with E-state index in [1.807, 2.05) is 26.1 Å². The summed E-state index contributed by atoms with van der Waals surface area (Å²) in [5.41, 5.74) is 5.67. The van der Waals surface area contributed by atoms with Crippen LogP contribution in [0.3, 0.4) is 0 Å². The highest BCUT2D eigenvalue weighted by atomic mass is 16.2. The van der Waals surface area contributed by atoms with Crippen molar-refractivity contribution < 1.29 is 4.79 Å². The van der Waals surface area contributed by atoms with Crippen molar-refractivity contribution in [3.8, 4) is 0 Å². The highest BCUT2D eigenvalue weighted by molar-refractivity contribution is 5.93. The molecule has 0 radical (unpaired) electrons. The van der Waals surface area contributed by atoms with E-state index in [-0.39, 0.29) is 11.9 Å². The van der Waals surface area contributed by atoms with E-state index in [2.05, 4.69) is 47.4 Å². The van der Waals surface area contributed by atoms with E-state index in [0.717, 1.165) is 22.4 Å². The molecule has 0 saturated carbocycles. The minimum Gasteiger partial charge on any atom is -0.340 e. The number of benzene rings is 1. The van der Waals surface area contributed by atoms with Crippen LogP contribution in [0.1, 0.15) is 44.5 Å². The number of aromatic nitrogens is 3. The fraction of sp³-hybridized carbons (Fsp3) is 0.250. The van der Waals surface area contributed by atoms with Gasteiger partial charge in [0, 0.05) is 25.1 Å².